The van der Waals surface area contributed by atoms with E-state index in [0.717, 1.165) is 10.6 Å². The first-order chi connectivity index (χ1) is 8.61. The SMILES string of the molecule is CC(=O)c1nc(NC(=O)CN(C)S(C)(=O)=O)sc1C. The van der Waals surface area contributed by atoms with Gasteiger partial charge in [-0.05, 0) is 6.92 Å². The van der Waals surface area contributed by atoms with Gasteiger partial charge >= 0.3 is 0 Å². The molecule has 0 spiro atoms. The second kappa shape index (κ2) is 5.76. The van der Waals surface area contributed by atoms with E-state index in [-0.39, 0.29) is 17.5 Å². The second-order valence-electron chi connectivity index (χ2n) is 4.05. The van der Waals surface area contributed by atoms with Crippen LogP contribution in [-0.2, 0) is 14.8 Å². The maximum absolute atomic E-state index is 11.6. The molecular formula is C10H15N3O4S2. The fraction of sp³-hybridized carbons (Fsp3) is 0.500. The van der Waals surface area contributed by atoms with Gasteiger partial charge in [0.05, 0.1) is 12.8 Å². The lowest BCUT2D eigenvalue weighted by atomic mass is 10.3. The summed E-state index contributed by atoms with van der Waals surface area (Å²) in [6.07, 6.45) is 1.02. The first-order valence-electron chi connectivity index (χ1n) is 5.30. The van der Waals surface area contributed by atoms with Gasteiger partial charge in [0.2, 0.25) is 15.9 Å². The predicted octanol–water partition coefficient (Wildman–Crippen LogP) is 0.484. The van der Waals surface area contributed by atoms with Crippen LogP contribution in [0, 0.1) is 6.92 Å². The maximum atomic E-state index is 11.6. The van der Waals surface area contributed by atoms with Gasteiger partial charge in [0.1, 0.15) is 5.69 Å². The van der Waals surface area contributed by atoms with Crippen LogP contribution < -0.4 is 5.32 Å². The Kier molecular flexibility index (Phi) is 4.77. The van der Waals surface area contributed by atoms with Crippen molar-refractivity contribution in [2.75, 3.05) is 25.2 Å². The first kappa shape index (κ1) is 15.7. The summed E-state index contributed by atoms with van der Waals surface area (Å²) in [6.45, 7) is 2.82. The lowest BCUT2D eigenvalue weighted by Gasteiger charge is -2.12. The molecule has 1 amide bonds. The van der Waals surface area contributed by atoms with Gasteiger partial charge in [-0.25, -0.2) is 13.4 Å². The molecule has 0 bridgehead atoms. The summed E-state index contributed by atoms with van der Waals surface area (Å²) in [5.41, 5.74) is 0.316. The molecule has 106 valence electrons. The quantitative estimate of drug-likeness (QED) is 0.798. The smallest absolute Gasteiger partial charge is 0.241 e. The van der Waals surface area contributed by atoms with Crippen molar-refractivity contribution >= 4 is 38.2 Å². The molecule has 0 atom stereocenters. The average molecular weight is 305 g/mol. The van der Waals surface area contributed by atoms with Crippen molar-refractivity contribution < 1.29 is 18.0 Å². The number of rotatable bonds is 5. The first-order valence-corrected chi connectivity index (χ1v) is 7.97. The number of aryl methyl sites for hydroxylation is 1. The number of thiazole rings is 1. The molecule has 0 aliphatic carbocycles. The number of nitrogens with one attached hydrogen (secondary N) is 1. The minimum absolute atomic E-state index is 0.178. The number of likely N-dealkylation sites (N-methyl/N-ethyl adjacent to an activating group) is 1. The molecule has 1 aromatic heterocycles. The number of amides is 1. The largest absolute Gasteiger partial charge is 0.301 e. The van der Waals surface area contributed by atoms with Gasteiger partial charge in [-0.1, -0.05) is 0 Å². The summed E-state index contributed by atoms with van der Waals surface area (Å²) >= 11 is 1.17. The number of anilines is 1. The summed E-state index contributed by atoms with van der Waals surface area (Å²) in [7, 11) is -2.10. The summed E-state index contributed by atoms with van der Waals surface area (Å²) < 4.78 is 23.2. The zero-order valence-corrected chi connectivity index (χ0v) is 12.7. The van der Waals surface area contributed by atoms with Crippen LogP contribution in [0.25, 0.3) is 0 Å². The van der Waals surface area contributed by atoms with Gasteiger partial charge in [0.25, 0.3) is 0 Å². The fourth-order valence-electron chi connectivity index (χ4n) is 1.25. The van der Waals surface area contributed by atoms with Crippen molar-refractivity contribution in [1.29, 1.82) is 0 Å². The lowest BCUT2D eigenvalue weighted by Crippen LogP contribution is -2.34. The fourth-order valence-corrected chi connectivity index (χ4v) is 2.48. The Balaban J connectivity index is 2.73. The highest BCUT2D eigenvalue weighted by Gasteiger charge is 2.17. The third kappa shape index (κ3) is 4.37. The average Bonchev–Trinajstić information content (AvgIpc) is 2.57. The molecule has 0 saturated heterocycles. The molecule has 0 aliphatic rings. The highest BCUT2D eigenvalue weighted by molar-refractivity contribution is 7.88. The van der Waals surface area contributed by atoms with Crippen molar-refractivity contribution in [2.24, 2.45) is 0 Å². The van der Waals surface area contributed by atoms with E-state index in [1.54, 1.807) is 6.92 Å². The summed E-state index contributed by atoms with van der Waals surface area (Å²) in [5.74, 6) is -0.681. The van der Waals surface area contributed by atoms with Gasteiger partial charge in [-0.3, -0.25) is 9.59 Å². The predicted molar refractivity (Wildman–Crippen MR) is 73.0 cm³/mol. The molecule has 1 heterocycles. The molecule has 0 aromatic carbocycles. The Morgan fingerprint density at radius 3 is 2.42 bits per heavy atom. The normalized spacial score (nSPS) is 11.6. The van der Waals surface area contributed by atoms with Crippen LogP contribution >= 0.6 is 11.3 Å². The van der Waals surface area contributed by atoms with E-state index in [4.69, 9.17) is 0 Å². The van der Waals surface area contributed by atoms with Gasteiger partial charge in [0, 0.05) is 18.8 Å². The van der Waals surface area contributed by atoms with E-state index in [1.165, 1.54) is 25.3 Å². The molecular weight excluding hydrogens is 290 g/mol. The number of ketones is 1. The molecule has 0 aliphatic heterocycles. The summed E-state index contributed by atoms with van der Waals surface area (Å²) in [4.78, 5) is 27.5. The zero-order chi connectivity index (χ0) is 14.8. The maximum Gasteiger partial charge on any atom is 0.241 e. The zero-order valence-electron chi connectivity index (χ0n) is 11.1. The van der Waals surface area contributed by atoms with Crippen molar-refractivity contribution in [3.05, 3.63) is 10.6 Å². The van der Waals surface area contributed by atoms with E-state index in [9.17, 15) is 18.0 Å². The Bertz CT molecular complexity index is 606. The standard InChI is InChI=1S/C10H15N3O4S2/c1-6(14)9-7(2)18-10(12-9)11-8(15)5-13(3)19(4,16)17/h5H2,1-4H3,(H,11,12,15). The molecule has 19 heavy (non-hydrogen) atoms. The number of carbonyl (C=O) groups is 2. The highest BCUT2D eigenvalue weighted by atomic mass is 32.2. The molecule has 0 unspecified atom stereocenters. The van der Waals surface area contributed by atoms with Gasteiger partial charge in [-0.15, -0.1) is 11.3 Å². The molecule has 7 nitrogen and oxygen atoms in total. The Hall–Kier alpha value is -1.32. The van der Waals surface area contributed by atoms with Crippen molar-refractivity contribution in [3.63, 3.8) is 0 Å². The topological polar surface area (TPSA) is 96.4 Å². The van der Waals surface area contributed by atoms with E-state index < -0.39 is 15.9 Å². The van der Waals surface area contributed by atoms with Gasteiger partial charge in [-0.2, -0.15) is 4.31 Å². The third-order valence-corrected chi connectivity index (χ3v) is 4.46. The number of hydrogen-bond acceptors (Lipinski definition) is 6. The number of Topliss-reactive ketones (excluding diaryl/α,β-unsaturated/α-hetero) is 1. The van der Waals surface area contributed by atoms with Crippen LogP contribution in [0.2, 0.25) is 0 Å². The summed E-state index contributed by atoms with van der Waals surface area (Å²) in [6, 6.07) is 0. The molecule has 1 rings (SSSR count). The van der Waals surface area contributed by atoms with Crippen molar-refractivity contribution in [3.8, 4) is 0 Å². The Morgan fingerprint density at radius 2 is 2.00 bits per heavy atom. The number of nitrogens with zero attached hydrogens (tertiary/aromatic N) is 2. The number of aromatic nitrogens is 1. The van der Waals surface area contributed by atoms with Crippen LogP contribution in [-0.4, -0.2) is 49.2 Å². The number of carbonyl (C=O) groups excluding carboxylic acids is 2. The van der Waals surface area contributed by atoms with Crippen LogP contribution in [0.1, 0.15) is 22.3 Å². The summed E-state index contributed by atoms with van der Waals surface area (Å²) in [5, 5.41) is 2.76. The van der Waals surface area contributed by atoms with Gasteiger partial charge in [0.15, 0.2) is 10.9 Å². The molecule has 1 N–H and O–H groups in total. The Labute approximate surface area is 115 Å². The molecule has 0 radical (unpaired) electrons. The van der Waals surface area contributed by atoms with Crippen molar-refractivity contribution in [1.82, 2.24) is 9.29 Å². The van der Waals surface area contributed by atoms with Crippen LogP contribution in [0.3, 0.4) is 0 Å². The van der Waals surface area contributed by atoms with E-state index in [1.807, 2.05) is 0 Å². The third-order valence-electron chi connectivity index (χ3n) is 2.31. The molecule has 0 fully saturated rings. The van der Waals surface area contributed by atoms with Crippen LogP contribution in [0.5, 0.6) is 0 Å². The molecule has 0 saturated carbocycles. The Morgan fingerprint density at radius 1 is 1.42 bits per heavy atom. The van der Waals surface area contributed by atoms with E-state index >= 15 is 0 Å². The number of sulfonamides is 1. The van der Waals surface area contributed by atoms with Crippen LogP contribution in [0.15, 0.2) is 0 Å². The highest BCUT2D eigenvalue weighted by Crippen LogP contribution is 2.22. The monoisotopic (exact) mass is 305 g/mol. The van der Waals surface area contributed by atoms with Gasteiger partial charge < -0.3 is 5.32 Å². The van der Waals surface area contributed by atoms with Crippen LogP contribution in [0.4, 0.5) is 5.13 Å². The molecule has 1 aromatic rings. The number of hydrogen-bond donors (Lipinski definition) is 1. The minimum Gasteiger partial charge on any atom is -0.301 e. The molecule has 9 heteroatoms. The van der Waals surface area contributed by atoms with E-state index in [0.29, 0.717) is 10.6 Å². The second-order valence-corrected chi connectivity index (χ2v) is 7.34. The van der Waals surface area contributed by atoms with Crippen molar-refractivity contribution in [2.45, 2.75) is 13.8 Å². The van der Waals surface area contributed by atoms with E-state index in [2.05, 4.69) is 10.3 Å². The minimum atomic E-state index is -3.41. The lowest BCUT2D eigenvalue weighted by molar-refractivity contribution is -0.116.